The molecule has 0 spiro atoms. The molecule has 0 aromatic carbocycles. The van der Waals surface area contributed by atoms with E-state index in [9.17, 15) is 9.90 Å². The summed E-state index contributed by atoms with van der Waals surface area (Å²) in [5.41, 5.74) is -0.473. The fraction of sp³-hybridized carbons (Fsp3) is 0.929. The summed E-state index contributed by atoms with van der Waals surface area (Å²) in [6.07, 6.45) is 6.96. The molecule has 1 heterocycles. The van der Waals surface area contributed by atoms with Crippen LogP contribution in [0.1, 0.15) is 52.4 Å². The molecule has 1 aliphatic heterocycles. The lowest BCUT2D eigenvalue weighted by Gasteiger charge is -2.39. The summed E-state index contributed by atoms with van der Waals surface area (Å²) in [5.74, 6) is 0.294. The van der Waals surface area contributed by atoms with Crippen LogP contribution >= 0.6 is 0 Å². The van der Waals surface area contributed by atoms with E-state index < -0.39 is 11.4 Å². The lowest BCUT2D eigenvalue weighted by Crippen LogP contribution is -2.46. The van der Waals surface area contributed by atoms with E-state index in [1.807, 2.05) is 6.92 Å². The van der Waals surface area contributed by atoms with Gasteiger partial charge in [0.1, 0.15) is 0 Å². The van der Waals surface area contributed by atoms with Gasteiger partial charge in [-0.15, -0.1) is 0 Å². The number of nitrogens with zero attached hydrogens (tertiary/aromatic N) is 1. The predicted molar refractivity (Wildman–Crippen MR) is 68.0 cm³/mol. The number of hydrogen-bond acceptors (Lipinski definition) is 2. The Hall–Kier alpha value is -0.570. The minimum absolute atomic E-state index is 0.473. The van der Waals surface area contributed by atoms with Crippen LogP contribution in [0.25, 0.3) is 0 Å². The highest BCUT2D eigenvalue weighted by atomic mass is 16.4. The minimum atomic E-state index is -0.616. The summed E-state index contributed by atoms with van der Waals surface area (Å²) in [4.78, 5) is 13.7. The molecule has 2 aliphatic rings. The van der Waals surface area contributed by atoms with E-state index in [1.165, 1.54) is 25.7 Å². The first kappa shape index (κ1) is 12.9. The maximum atomic E-state index is 11.2. The molecule has 2 fully saturated rings. The van der Waals surface area contributed by atoms with Gasteiger partial charge in [-0.2, -0.15) is 0 Å². The largest absolute Gasteiger partial charge is 0.481 e. The molecule has 0 aromatic heterocycles. The molecule has 0 aromatic rings. The summed E-state index contributed by atoms with van der Waals surface area (Å²) < 4.78 is 0. The molecule has 1 saturated carbocycles. The Bertz CT molecular complexity index is 282. The van der Waals surface area contributed by atoms with Gasteiger partial charge >= 0.3 is 5.97 Å². The van der Waals surface area contributed by atoms with E-state index in [0.29, 0.717) is 0 Å². The van der Waals surface area contributed by atoms with Crippen LogP contribution in [0.3, 0.4) is 0 Å². The van der Waals surface area contributed by atoms with Gasteiger partial charge in [0.15, 0.2) is 0 Å². The monoisotopic (exact) mass is 239 g/mol. The number of likely N-dealkylation sites (tertiary alicyclic amines) is 1. The molecule has 0 radical (unpaired) electrons. The summed E-state index contributed by atoms with van der Waals surface area (Å²) >= 11 is 0. The van der Waals surface area contributed by atoms with Crippen molar-refractivity contribution in [3.63, 3.8) is 0 Å². The summed E-state index contributed by atoms with van der Waals surface area (Å²) in [7, 11) is 0. The molecule has 2 rings (SSSR count). The standard InChI is InChI=1S/C14H25NO2/c1-3-11-4-5-12(10-11)15-8-6-14(2,7-9-15)13(16)17/h11-12H,3-10H2,1-2H3,(H,16,17). The molecule has 98 valence electrons. The maximum Gasteiger partial charge on any atom is 0.309 e. The number of carboxylic acid groups (broad SMARTS) is 1. The molecule has 2 atom stereocenters. The van der Waals surface area contributed by atoms with Crippen molar-refractivity contribution < 1.29 is 9.90 Å². The normalized spacial score (nSPS) is 33.8. The third-order valence-electron chi connectivity index (χ3n) is 5.03. The van der Waals surface area contributed by atoms with Crippen LogP contribution in [-0.4, -0.2) is 35.1 Å². The fourth-order valence-electron chi connectivity index (χ4n) is 3.35. The molecule has 1 aliphatic carbocycles. The van der Waals surface area contributed by atoms with E-state index in [2.05, 4.69) is 11.8 Å². The molecule has 0 bridgehead atoms. The van der Waals surface area contributed by atoms with E-state index in [4.69, 9.17) is 0 Å². The van der Waals surface area contributed by atoms with E-state index in [0.717, 1.165) is 37.9 Å². The highest BCUT2D eigenvalue weighted by Crippen LogP contribution is 2.37. The molecule has 1 N–H and O–H groups in total. The molecule has 2 unspecified atom stereocenters. The minimum Gasteiger partial charge on any atom is -0.481 e. The first-order valence-electron chi connectivity index (χ1n) is 7.02. The Labute approximate surface area is 104 Å². The molecular formula is C14H25NO2. The highest BCUT2D eigenvalue weighted by molar-refractivity contribution is 5.74. The third kappa shape index (κ3) is 2.65. The Balaban J connectivity index is 1.85. The van der Waals surface area contributed by atoms with Crippen LogP contribution in [0, 0.1) is 11.3 Å². The first-order chi connectivity index (χ1) is 8.05. The fourth-order valence-corrected chi connectivity index (χ4v) is 3.35. The molecular weight excluding hydrogens is 214 g/mol. The average Bonchev–Trinajstić information content (AvgIpc) is 2.78. The van der Waals surface area contributed by atoms with Gasteiger partial charge in [0, 0.05) is 6.04 Å². The van der Waals surface area contributed by atoms with Gasteiger partial charge in [0.2, 0.25) is 0 Å². The van der Waals surface area contributed by atoms with Gasteiger partial charge in [-0.3, -0.25) is 4.79 Å². The Morgan fingerprint density at radius 3 is 2.47 bits per heavy atom. The second-order valence-electron chi connectivity index (χ2n) is 6.14. The van der Waals surface area contributed by atoms with Gasteiger partial charge < -0.3 is 10.0 Å². The number of carbonyl (C=O) groups is 1. The highest BCUT2D eigenvalue weighted by Gasteiger charge is 2.39. The Kier molecular flexibility index (Phi) is 3.76. The van der Waals surface area contributed by atoms with Crippen molar-refractivity contribution >= 4 is 5.97 Å². The number of piperidine rings is 1. The van der Waals surface area contributed by atoms with Gasteiger partial charge in [-0.25, -0.2) is 0 Å². The second-order valence-corrected chi connectivity index (χ2v) is 6.14. The maximum absolute atomic E-state index is 11.2. The van der Waals surface area contributed by atoms with Crippen molar-refractivity contribution in [1.29, 1.82) is 0 Å². The molecule has 3 heteroatoms. The van der Waals surface area contributed by atoms with E-state index in [1.54, 1.807) is 0 Å². The molecule has 1 saturated heterocycles. The Morgan fingerprint density at radius 2 is 2.00 bits per heavy atom. The van der Waals surface area contributed by atoms with Crippen LogP contribution in [0.2, 0.25) is 0 Å². The van der Waals surface area contributed by atoms with Crippen LogP contribution in [0.5, 0.6) is 0 Å². The van der Waals surface area contributed by atoms with Crippen LogP contribution in [-0.2, 0) is 4.79 Å². The van der Waals surface area contributed by atoms with Crippen LogP contribution in [0.15, 0.2) is 0 Å². The number of rotatable bonds is 3. The van der Waals surface area contributed by atoms with Crippen molar-refractivity contribution in [1.82, 2.24) is 4.90 Å². The smallest absolute Gasteiger partial charge is 0.309 e. The quantitative estimate of drug-likeness (QED) is 0.823. The van der Waals surface area contributed by atoms with Crippen molar-refractivity contribution in [3.8, 4) is 0 Å². The molecule has 17 heavy (non-hydrogen) atoms. The first-order valence-corrected chi connectivity index (χ1v) is 7.02. The number of carboxylic acids is 1. The lowest BCUT2D eigenvalue weighted by atomic mass is 9.80. The second kappa shape index (κ2) is 4.97. The van der Waals surface area contributed by atoms with Gasteiger partial charge in [-0.1, -0.05) is 13.3 Å². The van der Waals surface area contributed by atoms with E-state index in [-0.39, 0.29) is 0 Å². The zero-order valence-electron chi connectivity index (χ0n) is 11.1. The predicted octanol–water partition coefficient (Wildman–Crippen LogP) is 2.75. The topological polar surface area (TPSA) is 40.5 Å². The Morgan fingerprint density at radius 1 is 1.35 bits per heavy atom. The van der Waals surface area contributed by atoms with Crippen molar-refractivity contribution in [2.75, 3.05) is 13.1 Å². The van der Waals surface area contributed by atoms with Gasteiger partial charge in [0.25, 0.3) is 0 Å². The summed E-state index contributed by atoms with van der Waals surface area (Å²) in [5, 5.41) is 9.21. The van der Waals surface area contributed by atoms with Gasteiger partial charge in [0.05, 0.1) is 5.41 Å². The zero-order chi connectivity index (χ0) is 12.5. The van der Waals surface area contributed by atoms with Crippen molar-refractivity contribution in [2.24, 2.45) is 11.3 Å². The van der Waals surface area contributed by atoms with Crippen LogP contribution < -0.4 is 0 Å². The van der Waals surface area contributed by atoms with Crippen molar-refractivity contribution in [2.45, 2.75) is 58.4 Å². The molecule has 3 nitrogen and oxygen atoms in total. The summed E-state index contributed by atoms with van der Waals surface area (Å²) in [6, 6.07) is 0.735. The van der Waals surface area contributed by atoms with Crippen molar-refractivity contribution in [3.05, 3.63) is 0 Å². The number of hydrogen-bond donors (Lipinski definition) is 1. The van der Waals surface area contributed by atoms with Crippen LogP contribution in [0.4, 0.5) is 0 Å². The zero-order valence-corrected chi connectivity index (χ0v) is 11.1. The summed E-state index contributed by atoms with van der Waals surface area (Å²) in [6.45, 7) is 6.13. The SMILES string of the molecule is CCC1CCC(N2CCC(C)(C(=O)O)CC2)C1. The lowest BCUT2D eigenvalue weighted by molar-refractivity contribution is -0.151. The number of aliphatic carboxylic acids is 1. The van der Waals surface area contributed by atoms with Gasteiger partial charge in [-0.05, 0) is 58.0 Å². The average molecular weight is 239 g/mol. The third-order valence-corrected chi connectivity index (χ3v) is 5.03. The molecule has 0 amide bonds. The van der Waals surface area contributed by atoms with E-state index >= 15 is 0 Å².